The van der Waals surface area contributed by atoms with Crippen molar-refractivity contribution in [1.29, 1.82) is 0 Å². The molecule has 0 amide bonds. The lowest BCUT2D eigenvalue weighted by Crippen LogP contribution is -2.47. The van der Waals surface area contributed by atoms with Gasteiger partial charge in [-0.1, -0.05) is 52.7 Å². The summed E-state index contributed by atoms with van der Waals surface area (Å²) in [5.41, 5.74) is 4.16. The molecule has 0 radical (unpaired) electrons. The summed E-state index contributed by atoms with van der Waals surface area (Å²) in [7, 11) is 0. The molecule has 0 nitrogen and oxygen atoms in total. The quantitative estimate of drug-likeness (QED) is 0.476. The van der Waals surface area contributed by atoms with Gasteiger partial charge in [-0.2, -0.15) is 0 Å². The Morgan fingerprint density at radius 2 is 1.75 bits per heavy atom. The topological polar surface area (TPSA) is 0 Å². The van der Waals surface area contributed by atoms with Crippen molar-refractivity contribution in [3.05, 3.63) is 11.6 Å². The third-order valence-corrected chi connectivity index (χ3v) is 8.33. The zero-order valence-corrected chi connectivity index (χ0v) is 14.2. The first kappa shape index (κ1) is 13.4. The fourth-order valence-corrected chi connectivity index (χ4v) is 8.18. The van der Waals surface area contributed by atoms with Crippen LogP contribution in [0, 0.1) is 33.5 Å². The summed E-state index contributed by atoms with van der Waals surface area (Å²) < 4.78 is 0. The Balaban J connectivity index is 1.99. The fourth-order valence-electron chi connectivity index (χ4n) is 8.18. The average Bonchev–Trinajstić information content (AvgIpc) is 2.82. The molecular weight excluding hydrogens is 240 g/mol. The molecule has 0 heterocycles. The molecule has 3 fully saturated rings. The minimum atomic E-state index is 0.552. The van der Waals surface area contributed by atoms with Crippen LogP contribution in [0.1, 0.15) is 79.6 Å². The zero-order chi connectivity index (χ0) is 14.4. The molecular formula is C20H32. The molecule has 0 saturated heterocycles. The van der Waals surface area contributed by atoms with E-state index in [0.717, 1.165) is 11.8 Å². The normalized spacial score (nSPS) is 56.1. The highest BCUT2D eigenvalue weighted by atomic mass is 14.8. The van der Waals surface area contributed by atoms with Crippen LogP contribution in [-0.2, 0) is 0 Å². The minimum Gasteiger partial charge on any atom is -0.0839 e. The average molecular weight is 272 g/mol. The van der Waals surface area contributed by atoms with Crippen molar-refractivity contribution in [2.24, 2.45) is 33.5 Å². The van der Waals surface area contributed by atoms with Crippen LogP contribution >= 0.6 is 0 Å². The van der Waals surface area contributed by atoms with E-state index in [1.165, 1.54) is 44.9 Å². The van der Waals surface area contributed by atoms with Crippen LogP contribution in [0.3, 0.4) is 0 Å². The molecule has 2 unspecified atom stereocenters. The maximum absolute atomic E-state index is 2.71. The lowest BCUT2D eigenvalue weighted by Gasteiger charge is -2.52. The van der Waals surface area contributed by atoms with Gasteiger partial charge < -0.3 is 0 Å². The third kappa shape index (κ3) is 1.19. The van der Waals surface area contributed by atoms with E-state index < -0.39 is 0 Å². The number of hydrogen-bond donors (Lipinski definition) is 0. The Morgan fingerprint density at radius 3 is 2.50 bits per heavy atom. The van der Waals surface area contributed by atoms with E-state index in [4.69, 9.17) is 0 Å². The molecule has 0 aromatic heterocycles. The summed E-state index contributed by atoms with van der Waals surface area (Å²) in [4.78, 5) is 0. The monoisotopic (exact) mass is 272 g/mol. The molecule has 20 heavy (non-hydrogen) atoms. The number of rotatable bonds is 0. The molecule has 5 atom stereocenters. The SMILES string of the molecule is C[C@@H]1CCC[C@@]2(C)CCC3C(C)(C)C[C@@]4(C)CC=C1C324. The van der Waals surface area contributed by atoms with Crippen molar-refractivity contribution in [2.75, 3.05) is 0 Å². The van der Waals surface area contributed by atoms with E-state index in [1.807, 2.05) is 5.57 Å². The fraction of sp³-hybridized carbons (Fsp3) is 0.900. The summed E-state index contributed by atoms with van der Waals surface area (Å²) in [5.74, 6) is 1.78. The first-order valence-electron chi connectivity index (χ1n) is 8.97. The third-order valence-electron chi connectivity index (χ3n) is 8.33. The smallest absolute Gasteiger partial charge is 0.00584 e. The van der Waals surface area contributed by atoms with Gasteiger partial charge in [-0.25, -0.2) is 0 Å². The van der Waals surface area contributed by atoms with Crippen LogP contribution in [0.2, 0.25) is 0 Å². The highest BCUT2D eigenvalue weighted by Gasteiger charge is 2.75. The molecule has 4 rings (SSSR count). The van der Waals surface area contributed by atoms with Gasteiger partial charge in [0.15, 0.2) is 0 Å². The van der Waals surface area contributed by atoms with Gasteiger partial charge in [-0.05, 0) is 66.6 Å². The van der Waals surface area contributed by atoms with Crippen molar-refractivity contribution in [2.45, 2.75) is 79.6 Å². The van der Waals surface area contributed by atoms with Gasteiger partial charge in [0, 0.05) is 5.41 Å². The van der Waals surface area contributed by atoms with Crippen molar-refractivity contribution in [3.8, 4) is 0 Å². The molecule has 4 aliphatic carbocycles. The molecule has 0 heteroatoms. The summed E-state index contributed by atoms with van der Waals surface area (Å²) in [6.07, 6.45) is 12.9. The second-order valence-corrected chi connectivity index (χ2v) is 9.84. The number of allylic oxidation sites excluding steroid dienone is 2. The molecule has 0 aromatic rings. The molecule has 0 aliphatic heterocycles. The van der Waals surface area contributed by atoms with Gasteiger partial charge in [0.1, 0.15) is 0 Å². The van der Waals surface area contributed by atoms with E-state index in [-0.39, 0.29) is 0 Å². The Kier molecular flexibility index (Phi) is 2.38. The Labute approximate surface area is 125 Å². The van der Waals surface area contributed by atoms with Crippen LogP contribution in [0.15, 0.2) is 11.6 Å². The second-order valence-electron chi connectivity index (χ2n) is 9.84. The van der Waals surface area contributed by atoms with Crippen molar-refractivity contribution in [3.63, 3.8) is 0 Å². The predicted molar refractivity (Wildman–Crippen MR) is 85.5 cm³/mol. The maximum Gasteiger partial charge on any atom is 0.00584 e. The summed E-state index contributed by atoms with van der Waals surface area (Å²) >= 11 is 0. The van der Waals surface area contributed by atoms with Crippen molar-refractivity contribution in [1.82, 2.24) is 0 Å². The van der Waals surface area contributed by atoms with Gasteiger partial charge in [-0.15, -0.1) is 0 Å². The summed E-state index contributed by atoms with van der Waals surface area (Å²) in [6.45, 7) is 13.0. The standard InChI is InChI=1S/C20H32/c1-14-7-6-10-18(4)12-9-16-17(2,3)13-19(5)11-8-15(14)20(16,18)19/h8,14,16H,6-7,9-13H2,1-5H3/t14-,16?,18+,19-,20?/m1/s1. The summed E-state index contributed by atoms with van der Waals surface area (Å²) in [5, 5.41) is 0. The molecule has 0 aromatic carbocycles. The van der Waals surface area contributed by atoms with Gasteiger partial charge in [0.25, 0.3) is 0 Å². The van der Waals surface area contributed by atoms with Gasteiger partial charge >= 0.3 is 0 Å². The van der Waals surface area contributed by atoms with E-state index in [9.17, 15) is 0 Å². The van der Waals surface area contributed by atoms with Crippen LogP contribution in [0.4, 0.5) is 0 Å². The number of hydrogen-bond acceptors (Lipinski definition) is 0. The van der Waals surface area contributed by atoms with Crippen LogP contribution < -0.4 is 0 Å². The largest absolute Gasteiger partial charge is 0.0839 e. The molecule has 0 N–H and O–H groups in total. The van der Waals surface area contributed by atoms with Crippen molar-refractivity contribution < 1.29 is 0 Å². The second kappa shape index (κ2) is 3.55. The lowest BCUT2D eigenvalue weighted by atomic mass is 9.51. The molecule has 3 saturated carbocycles. The van der Waals surface area contributed by atoms with E-state index in [0.29, 0.717) is 21.7 Å². The molecule has 112 valence electrons. The Hall–Kier alpha value is -0.260. The summed E-state index contributed by atoms with van der Waals surface area (Å²) in [6, 6.07) is 0. The van der Waals surface area contributed by atoms with Crippen LogP contribution in [0.25, 0.3) is 0 Å². The van der Waals surface area contributed by atoms with Gasteiger partial charge in [0.2, 0.25) is 0 Å². The Morgan fingerprint density at radius 1 is 1.00 bits per heavy atom. The first-order chi connectivity index (χ1) is 9.27. The minimum absolute atomic E-state index is 0.552. The molecule has 0 bridgehead atoms. The highest BCUT2D eigenvalue weighted by molar-refractivity contribution is 5.40. The maximum atomic E-state index is 2.71. The van der Waals surface area contributed by atoms with E-state index in [1.54, 1.807) is 0 Å². The van der Waals surface area contributed by atoms with Crippen molar-refractivity contribution >= 4 is 0 Å². The highest BCUT2D eigenvalue weighted by Crippen LogP contribution is 2.83. The molecule has 1 spiro atoms. The van der Waals surface area contributed by atoms with Gasteiger partial charge in [0.05, 0.1) is 0 Å². The first-order valence-corrected chi connectivity index (χ1v) is 8.97. The van der Waals surface area contributed by atoms with Gasteiger partial charge in [-0.3, -0.25) is 0 Å². The zero-order valence-electron chi connectivity index (χ0n) is 14.2. The Bertz CT molecular complexity index is 484. The van der Waals surface area contributed by atoms with Crippen LogP contribution in [-0.4, -0.2) is 0 Å². The van der Waals surface area contributed by atoms with Crippen LogP contribution in [0.5, 0.6) is 0 Å². The molecule has 4 aliphatic rings. The lowest BCUT2D eigenvalue weighted by molar-refractivity contribution is -0.0000699. The predicted octanol–water partition coefficient (Wildman–Crippen LogP) is 5.98. The van der Waals surface area contributed by atoms with E-state index in [2.05, 4.69) is 40.7 Å². The van der Waals surface area contributed by atoms with E-state index >= 15 is 0 Å².